The average molecular weight is 679 g/mol. The van der Waals surface area contributed by atoms with Gasteiger partial charge in [0.15, 0.2) is 0 Å². The number of anilines is 1. The highest BCUT2D eigenvalue weighted by Crippen LogP contribution is 2.46. The number of aromatic nitrogens is 2. The third kappa shape index (κ3) is 5.38. The quantitative estimate of drug-likeness (QED) is 0.337. The molecular weight excluding hydrogens is 646 g/mol. The highest BCUT2D eigenvalue weighted by Gasteiger charge is 2.50. The van der Waals surface area contributed by atoms with Crippen LogP contribution >= 0.6 is 27.5 Å². The second-order valence-electron chi connectivity index (χ2n) is 12.8. The maximum absolute atomic E-state index is 14.3. The number of halogens is 6. The maximum atomic E-state index is 14.3. The van der Waals surface area contributed by atoms with Gasteiger partial charge in [-0.15, -0.1) is 0 Å². The van der Waals surface area contributed by atoms with Crippen molar-refractivity contribution in [1.82, 2.24) is 19.8 Å². The third-order valence-electron chi connectivity index (χ3n) is 8.75. The van der Waals surface area contributed by atoms with Gasteiger partial charge in [-0.2, -0.15) is 23.1 Å². The predicted octanol–water partition coefficient (Wildman–Crippen LogP) is 6.61. The van der Waals surface area contributed by atoms with Crippen LogP contribution in [0.25, 0.3) is 10.9 Å². The number of fused-ring (bicyclic) bond motifs is 4. The van der Waals surface area contributed by atoms with Crippen LogP contribution in [0, 0.1) is 0 Å². The summed E-state index contributed by atoms with van der Waals surface area (Å²) in [6, 6.07) is 0.574. The Morgan fingerprint density at radius 2 is 1.86 bits per heavy atom. The van der Waals surface area contributed by atoms with Gasteiger partial charge in [-0.1, -0.05) is 11.6 Å². The van der Waals surface area contributed by atoms with Crippen LogP contribution in [-0.4, -0.2) is 88.0 Å². The van der Waals surface area contributed by atoms with Crippen LogP contribution < -0.4 is 9.64 Å². The Morgan fingerprint density at radius 3 is 2.50 bits per heavy atom. The van der Waals surface area contributed by atoms with E-state index in [1.165, 1.54) is 0 Å². The SMILES string of the molecule is CC(C)(C)OC(=O)N1C2CCC1CN(c1nc(OC[C@@]34CCCN3C[C@H](F)C4)nc3c(Cl)c(Br)c(C(F)(F)F)cc13)C2. The zero-order valence-corrected chi connectivity index (χ0v) is 26.0. The van der Waals surface area contributed by atoms with Crippen LogP contribution in [0.5, 0.6) is 6.01 Å². The fraction of sp³-hybridized carbons (Fsp3) is 0.679. The van der Waals surface area contributed by atoms with E-state index in [0.29, 0.717) is 26.1 Å². The molecule has 1 aromatic carbocycles. The lowest BCUT2D eigenvalue weighted by atomic mass is 9.95. The van der Waals surface area contributed by atoms with E-state index in [4.69, 9.17) is 21.1 Å². The molecule has 0 aliphatic carbocycles. The van der Waals surface area contributed by atoms with Crippen molar-refractivity contribution < 1.29 is 31.8 Å². The number of benzene rings is 1. The third-order valence-corrected chi connectivity index (χ3v) is 10.2. The minimum atomic E-state index is -4.67. The molecule has 4 aliphatic rings. The zero-order chi connectivity index (χ0) is 30.2. The Kier molecular flexibility index (Phi) is 7.48. The molecule has 2 bridgehead atoms. The number of nitrogens with zero attached hydrogens (tertiary/aromatic N) is 5. The predicted molar refractivity (Wildman–Crippen MR) is 153 cm³/mol. The molecule has 0 N–H and O–H groups in total. The first-order chi connectivity index (χ1) is 19.6. The molecular formula is C28H33BrClF4N5O3. The summed E-state index contributed by atoms with van der Waals surface area (Å²) in [4.78, 5) is 27.8. The normalized spacial score (nSPS) is 28.1. The van der Waals surface area contributed by atoms with Crippen molar-refractivity contribution in [3.63, 3.8) is 0 Å². The minimum absolute atomic E-state index is 0.0310. The summed E-state index contributed by atoms with van der Waals surface area (Å²) < 4.78 is 67.8. The van der Waals surface area contributed by atoms with E-state index in [2.05, 4.69) is 30.8 Å². The molecule has 230 valence electrons. The molecule has 0 spiro atoms. The highest BCUT2D eigenvalue weighted by atomic mass is 79.9. The molecule has 2 unspecified atom stereocenters. The van der Waals surface area contributed by atoms with Gasteiger partial charge in [-0.05, 0) is 75.0 Å². The molecule has 6 rings (SSSR count). The van der Waals surface area contributed by atoms with E-state index in [0.717, 1.165) is 38.3 Å². The van der Waals surface area contributed by atoms with Crippen molar-refractivity contribution in [2.75, 3.05) is 37.7 Å². The van der Waals surface area contributed by atoms with Gasteiger partial charge in [0.2, 0.25) is 0 Å². The van der Waals surface area contributed by atoms with Crippen molar-refractivity contribution >= 4 is 50.3 Å². The van der Waals surface area contributed by atoms with Gasteiger partial charge in [0.05, 0.1) is 38.2 Å². The van der Waals surface area contributed by atoms with Crippen molar-refractivity contribution in [3.05, 3.63) is 21.1 Å². The fourth-order valence-corrected chi connectivity index (χ4v) is 7.79. The lowest BCUT2D eigenvalue weighted by molar-refractivity contribution is -0.138. The highest BCUT2D eigenvalue weighted by molar-refractivity contribution is 9.10. The van der Waals surface area contributed by atoms with Gasteiger partial charge in [-0.3, -0.25) is 9.80 Å². The smallest absolute Gasteiger partial charge is 0.417 e. The zero-order valence-electron chi connectivity index (χ0n) is 23.6. The van der Waals surface area contributed by atoms with Crippen molar-refractivity contribution in [3.8, 4) is 6.01 Å². The Balaban J connectivity index is 1.37. The van der Waals surface area contributed by atoms with Crippen LogP contribution in [0.3, 0.4) is 0 Å². The fourth-order valence-electron chi connectivity index (χ4n) is 7.02. The van der Waals surface area contributed by atoms with E-state index in [9.17, 15) is 22.4 Å². The van der Waals surface area contributed by atoms with Crippen LogP contribution in [0.15, 0.2) is 10.5 Å². The standard InChI is InChI=1S/C28H33BrClF4N5O3/c1-26(2,3)42-25(40)39-16-5-6-17(39)13-37(12-16)23-18-9-19(28(32,33)34)20(29)21(30)22(18)35-24(36-23)41-14-27-7-4-8-38(27)11-15(31)10-27/h9,15-17H,4-8,10-14H2,1-3H3/t15-,16?,17?,27+/m1/s1. The summed E-state index contributed by atoms with van der Waals surface area (Å²) in [6.07, 6.45) is -2.48. The average Bonchev–Trinajstić information content (AvgIpc) is 3.50. The molecule has 4 aliphatic heterocycles. The number of carbonyl (C=O) groups is 1. The van der Waals surface area contributed by atoms with Gasteiger partial charge in [0.25, 0.3) is 0 Å². The Morgan fingerprint density at radius 1 is 1.17 bits per heavy atom. The van der Waals surface area contributed by atoms with Crippen molar-refractivity contribution in [2.24, 2.45) is 0 Å². The molecule has 5 heterocycles. The number of piperazine rings is 1. The minimum Gasteiger partial charge on any atom is -0.461 e. The molecule has 42 heavy (non-hydrogen) atoms. The number of hydrogen-bond acceptors (Lipinski definition) is 7. The summed E-state index contributed by atoms with van der Waals surface area (Å²) in [5.74, 6) is 0.256. The molecule has 0 saturated carbocycles. The first-order valence-corrected chi connectivity index (χ1v) is 15.4. The van der Waals surface area contributed by atoms with Gasteiger partial charge in [-0.25, -0.2) is 9.18 Å². The lowest BCUT2D eigenvalue weighted by Crippen LogP contribution is -2.57. The summed E-state index contributed by atoms with van der Waals surface area (Å²) in [7, 11) is 0. The topological polar surface area (TPSA) is 71.0 Å². The number of carbonyl (C=O) groups excluding carboxylic acids is 1. The molecule has 1 aromatic heterocycles. The van der Waals surface area contributed by atoms with Crippen LogP contribution in [0.2, 0.25) is 5.02 Å². The number of hydrogen-bond donors (Lipinski definition) is 0. The molecule has 4 fully saturated rings. The number of rotatable bonds is 4. The monoisotopic (exact) mass is 677 g/mol. The molecule has 1 amide bonds. The van der Waals surface area contributed by atoms with E-state index < -0.39 is 35.1 Å². The Bertz CT molecular complexity index is 1390. The second-order valence-corrected chi connectivity index (χ2v) is 14.0. The first kappa shape index (κ1) is 29.9. The van der Waals surface area contributed by atoms with Crippen LogP contribution in [-0.2, 0) is 10.9 Å². The molecule has 2 aromatic rings. The number of amides is 1. The molecule has 8 nitrogen and oxygen atoms in total. The summed E-state index contributed by atoms with van der Waals surface area (Å²) >= 11 is 9.53. The van der Waals surface area contributed by atoms with Gasteiger partial charge in [0, 0.05) is 31.4 Å². The van der Waals surface area contributed by atoms with Gasteiger partial charge < -0.3 is 14.4 Å². The van der Waals surface area contributed by atoms with E-state index >= 15 is 0 Å². The number of alkyl halides is 4. The molecule has 4 saturated heterocycles. The molecule has 4 atom stereocenters. The van der Waals surface area contributed by atoms with Crippen LogP contribution in [0.4, 0.5) is 28.2 Å². The summed E-state index contributed by atoms with van der Waals surface area (Å²) in [5, 5.41) is -0.0626. The summed E-state index contributed by atoms with van der Waals surface area (Å²) in [6.45, 7) is 7.42. The Labute approximate surface area is 254 Å². The van der Waals surface area contributed by atoms with Crippen molar-refractivity contribution in [2.45, 2.75) is 88.4 Å². The Hall–Kier alpha value is -2.12. The lowest BCUT2D eigenvalue weighted by Gasteiger charge is -2.42. The second kappa shape index (κ2) is 10.5. The van der Waals surface area contributed by atoms with Crippen LogP contribution in [0.1, 0.15) is 58.4 Å². The number of ether oxygens (including phenoxy) is 2. The van der Waals surface area contributed by atoms with E-state index in [1.807, 2.05) is 4.90 Å². The van der Waals surface area contributed by atoms with Gasteiger partial charge in [0.1, 0.15) is 24.2 Å². The first-order valence-electron chi connectivity index (χ1n) is 14.2. The molecule has 0 radical (unpaired) electrons. The largest absolute Gasteiger partial charge is 0.461 e. The van der Waals surface area contributed by atoms with Crippen molar-refractivity contribution in [1.29, 1.82) is 0 Å². The van der Waals surface area contributed by atoms with Gasteiger partial charge >= 0.3 is 18.3 Å². The molecule has 14 heteroatoms. The van der Waals surface area contributed by atoms with E-state index in [-0.39, 0.29) is 50.9 Å². The maximum Gasteiger partial charge on any atom is 0.417 e. The summed E-state index contributed by atoms with van der Waals surface area (Å²) in [5.41, 5.74) is -1.93. The van der Waals surface area contributed by atoms with E-state index in [1.54, 1.807) is 25.7 Å².